The molecule has 186 valence electrons. The second-order valence-electron chi connectivity index (χ2n) is 9.32. The SMILES string of the molecule is Cc1cc(Br)c(Nc2c([N+](=O)[O-])cc3c4c(cccc24)C(=O)N(c2ccc4ccccc4c2)C3=O)cc1C. The van der Waals surface area contributed by atoms with E-state index in [1.165, 1.54) is 6.07 Å². The minimum atomic E-state index is -0.601. The molecule has 8 heteroatoms. The van der Waals surface area contributed by atoms with Crippen LogP contribution in [0, 0.1) is 24.0 Å². The first-order valence-electron chi connectivity index (χ1n) is 11.9. The lowest BCUT2D eigenvalue weighted by molar-refractivity contribution is -0.383. The molecule has 5 aromatic carbocycles. The highest BCUT2D eigenvalue weighted by atomic mass is 79.9. The number of fused-ring (bicyclic) bond motifs is 1. The van der Waals surface area contributed by atoms with Crippen molar-refractivity contribution in [2.45, 2.75) is 13.8 Å². The maximum atomic E-state index is 13.8. The van der Waals surface area contributed by atoms with Crippen LogP contribution >= 0.6 is 15.9 Å². The van der Waals surface area contributed by atoms with E-state index in [4.69, 9.17) is 0 Å². The summed E-state index contributed by atoms with van der Waals surface area (Å²) in [4.78, 5) is 40.4. The van der Waals surface area contributed by atoms with Gasteiger partial charge in [-0.15, -0.1) is 0 Å². The van der Waals surface area contributed by atoms with E-state index in [0.29, 0.717) is 27.7 Å². The highest BCUT2D eigenvalue weighted by Crippen LogP contribution is 2.43. The summed E-state index contributed by atoms with van der Waals surface area (Å²) in [6.07, 6.45) is 0. The number of anilines is 3. The zero-order valence-electron chi connectivity index (χ0n) is 20.4. The molecule has 2 amide bonds. The number of benzene rings is 5. The highest BCUT2D eigenvalue weighted by Gasteiger charge is 2.37. The third kappa shape index (κ3) is 3.64. The molecule has 0 radical (unpaired) electrons. The van der Waals surface area contributed by atoms with Crippen molar-refractivity contribution in [1.29, 1.82) is 0 Å². The van der Waals surface area contributed by atoms with Gasteiger partial charge in [0.2, 0.25) is 0 Å². The molecular weight excluding hydrogens is 546 g/mol. The third-order valence-electron chi connectivity index (χ3n) is 7.04. The highest BCUT2D eigenvalue weighted by molar-refractivity contribution is 9.10. The summed E-state index contributed by atoms with van der Waals surface area (Å²) in [5.41, 5.74) is 3.52. The fourth-order valence-corrected chi connectivity index (χ4v) is 5.54. The van der Waals surface area contributed by atoms with Gasteiger partial charge in [-0.25, -0.2) is 4.90 Å². The Kier molecular flexibility index (Phi) is 5.50. The molecule has 0 aromatic heterocycles. The Morgan fingerprint density at radius 1 is 0.816 bits per heavy atom. The molecule has 0 bridgehead atoms. The van der Waals surface area contributed by atoms with Gasteiger partial charge in [-0.05, 0) is 82.0 Å². The molecule has 6 rings (SSSR count). The molecule has 1 aliphatic heterocycles. The van der Waals surface area contributed by atoms with E-state index in [-0.39, 0.29) is 16.9 Å². The summed E-state index contributed by atoms with van der Waals surface area (Å²) in [7, 11) is 0. The molecule has 0 fully saturated rings. The van der Waals surface area contributed by atoms with Gasteiger partial charge in [0, 0.05) is 26.9 Å². The largest absolute Gasteiger partial charge is 0.348 e. The van der Waals surface area contributed by atoms with Crippen molar-refractivity contribution in [2.75, 3.05) is 10.2 Å². The summed E-state index contributed by atoms with van der Waals surface area (Å²) in [5.74, 6) is -1.08. The lowest BCUT2D eigenvalue weighted by Crippen LogP contribution is -2.40. The van der Waals surface area contributed by atoms with Crippen molar-refractivity contribution in [3.8, 4) is 0 Å². The van der Waals surface area contributed by atoms with E-state index in [1.54, 1.807) is 30.3 Å². The van der Waals surface area contributed by atoms with Crippen LogP contribution in [0.25, 0.3) is 21.5 Å². The van der Waals surface area contributed by atoms with E-state index >= 15 is 0 Å². The second kappa shape index (κ2) is 8.78. The van der Waals surface area contributed by atoms with E-state index in [0.717, 1.165) is 31.3 Å². The zero-order chi connectivity index (χ0) is 26.7. The summed E-state index contributed by atoms with van der Waals surface area (Å²) in [6.45, 7) is 3.94. The first kappa shape index (κ1) is 23.8. The Bertz CT molecular complexity index is 1860. The number of carbonyl (C=O) groups is 2. The van der Waals surface area contributed by atoms with Gasteiger partial charge in [0.25, 0.3) is 17.5 Å². The van der Waals surface area contributed by atoms with Crippen molar-refractivity contribution in [3.05, 3.63) is 116 Å². The summed E-state index contributed by atoms with van der Waals surface area (Å²) in [6, 6.07) is 23.1. The van der Waals surface area contributed by atoms with Crippen LogP contribution in [0.1, 0.15) is 31.8 Å². The van der Waals surface area contributed by atoms with Crippen molar-refractivity contribution in [3.63, 3.8) is 0 Å². The predicted octanol–water partition coefficient (Wildman–Crippen LogP) is 7.82. The molecule has 0 saturated carbocycles. The normalized spacial score (nSPS) is 12.9. The monoisotopic (exact) mass is 565 g/mol. The summed E-state index contributed by atoms with van der Waals surface area (Å²) >= 11 is 3.54. The van der Waals surface area contributed by atoms with E-state index < -0.39 is 16.7 Å². The van der Waals surface area contributed by atoms with E-state index in [9.17, 15) is 19.7 Å². The van der Waals surface area contributed by atoms with Gasteiger partial charge in [-0.2, -0.15) is 0 Å². The lowest BCUT2D eigenvalue weighted by Gasteiger charge is -2.28. The fourth-order valence-electron chi connectivity index (χ4n) is 4.99. The van der Waals surface area contributed by atoms with Crippen molar-refractivity contribution in [1.82, 2.24) is 0 Å². The maximum Gasteiger partial charge on any atom is 0.294 e. The first-order chi connectivity index (χ1) is 18.2. The van der Waals surface area contributed by atoms with Crippen LogP contribution in [0.3, 0.4) is 0 Å². The molecule has 1 heterocycles. The van der Waals surface area contributed by atoms with Crippen LogP contribution in [0.4, 0.5) is 22.7 Å². The molecule has 0 spiro atoms. The van der Waals surface area contributed by atoms with Gasteiger partial charge in [0.15, 0.2) is 0 Å². The van der Waals surface area contributed by atoms with Gasteiger partial charge in [0.05, 0.1) is 21.9 Å². The quantitative estimate of drug-likeness (QED) is 0.136. The van der Waals surface area contributed by atoms with Crippen LogP contribution < -0.4 is 10.2 Å². The minimum Gasteiger partial charge on any atom is -0.348 e. The number of halogens is 1. The average molecular weight is 566 g/mol. The van der Waals surface area contributed by atoms with Crippen LogP contribution in [0.15, 0.2) is 83.3 Å². The zero-order valence-corrected chi connectivity index (χ0v) is 22.0. The van der Waals surface area contributed by atoms with E-state index in [2.05, 4.69) is 21.2 Å². The Morgan fingerprint density at radius 3 is 2.29 bits per heavy atom. The number of hydrogen-bond donors (Lipinski definition) is 1. The van der Waals surface area contributed by atoms with Crippen molar-refractivity contribution >= 4 is 72.0 Å². The summed E-state index contributed by atoms with van der Waals surface area (Å²) < 4.78 is 0.741. The molecule has 0 atom stereocenters. The smallest absolute Gasteiger partial charge is 0.294 e. The molecular formula is C30H20BrN3O4. The number of nitrogens with zero attached hydrogens (tertiary/aromatic N) is 2. The van der Waals surface area contributed by atoms with Gasteiger partial charge < -0.3 is 5.32 Å². The van der Waals surface area contributed by atoms with Crippen LogP contribution in [0.2, 0.25) is 0 Å². The number of nitro benzene ring substituents is 1. The number of carbonyl (C=O) groups excluding carboxylic acids is 2. The predicted molar refractivity (Wildman–Crippen MR) is 153 cm³/mol. The number of rotatable bonds is 4. The van der Waals surface area contributed by atoms with Gasteiger partial charge in [-0.1, -0.05) is 42.5 Å². The van der Waals surface area contributed by atoms with Crippen LogP contribution in [-0.2, 0) is 0 Å². The van der Waals surface area contributed by atoms with Crippen molar-refractivity contribution < 1.29 is 14.5 Å². The molecule has 0 unspecified atom stereocenters. The maximum absolute atomic E-state index is 13.8. The number of amides is 2. The molecule has 1 N–H and O–H groups in total. The average Bonchev–Trinajstić information content (AvgIpc) is 2.90. The van der Waals surface area contributed by atoms with Gasteiger partial charge >= 0.3 is 0 Å². The van der Waals surface area contributed by atoms with Crippen LogP contribution in [-0.4, -0.2) is 16.7 Å². The Morgan fingerprint density at radius 2 is 1.53 bits per heavy atom. The number of nitrogens with one attached hydrogen (secondary N) is 1. The van der Waals surface area contributed by atoms with E-state index in [1.807, 2.05) is 56.3 Å². The third-order valence-corrected chi connectivity index (χ3v) is 7.69. The number of aryl methyl sites for hydroxylation is 2. The molecule has 0 aliphatic carbocycles. The molecule has 1 aliphatic rings. The molecule has 0 saturated heterocycles. The Labute approximate surface area is 226 Å². The standard InChI is InChI=1S/C30H20BrN3O4/c1-16-12-24(31)25(13-17(16)2)32-28-21-8-5-9-22-27(21)23(15-26(28)34(37)38)30(36)33(29(22)35)20-11-10-18-6-3-4-7-19(18)14-20/h3-15,32H,1-2H3. The molecule has 38 heavy (non-hydrogen) atoms. The second-order valence-corrected chi connectivity index (χ2v) is 10.2. The first-order valence-corrected chi connectivity index (χ1v) is 12.7. The molecule has 5 aromatic rings. The topological polar surface area (TPSA) is 92.6 Å². The minimum absolute atomic E-state index is 0.111. The fraction of sp³-hybridized carbons (Fsp3) is 0.0667. The number of hydrogen-bond acceptors (Lipinski definition) is 5. The Balaban J connectivity index is 1.56. The molecule has 7 nitrogen and oxygen atoms in total. The lowest BCUT2D eigenvalue weighted by atomic mass is 9.91. The number of nitro groups is 1. The van der Waals surface area contributed by atoms with Gasteiger partial charge in [0.1, 0.15) is 5.69 Å². The number of imide groups is 1. The van der Waals surface area contributed by atoms with Crippen molar-refractivity contribution in [2.24, 2.45) is 0 Å². The van der Waals surface area contributed by atoms with Crippen LogP contribution in [0.5, 0.6) is 0 Å². The Hall–Kier alpha value is -4.56. The van der Waals surface area contributed by atoms with Gasteiger partial charge in [-0.3, -0.25) is 19.7 Å². The summed E-state index contributed by atoms with van der Waals surface area (Å²) in [5, 5.41) is 18.1.